The first-order valence-corrected chi connectivity index (χ1v) is 9.95. The van der Waals surface area contributed by atoms with E-state index in [1.54, 1.807) is 18.2 Å². The fourth-order valence-electron chi connectivity index (χ4n) is 3.73. The smallest absolute Gasteiger partial charge is 0.256 e. The summed E-state index contributed by atoms with van der Waals surface area (Å²) in [5, 5.41) is 8.37. The number of hydrogen-bond donors (Lipinski definition) is 1. The van der Waals surface area contributed by atoms with Gasteiger partial charge in [-0.05, 0) is 44.5 Å². The number of hydrogen-bond acceptors (Lipinski definition) is 4. The molecule has 1 N–H and O–H groups in total. The largest absolute Gasteiger partial charge is 0.481 e. The van der Waals surface area contributed by atoms with E-state index in [-0.39, 0.29) is 17.8 Å². The van der Waals surface area contributed by atoms with Crippen molar-refractivity contribution in [2.75, 3.05) is 12.4 Å². The molecule has 0 bridgehead atoms. The van der Waals surface area contributed by atoms with Gasteiger partial charge in [-0.1, -0.05) is 30.3 Å². The Morgan fingerprint density at radius 3 is 2.55 bits per heavy atom. The molecule has 2 aromatic carbocycles. The number of carbonyl (C=O) groups is 1. The topological polar surface area (TPSA) is 69.0 Å². The molecule has 0 aliphatic carbocycles. The third-order valence-corrected chi connectivity index (χ3v) is 5.43. The summed E-state index contributed by atoms with van der Waals surface area (Å²) in [6.07, 6.45) is 0. The van der Waals surface area contributed by atoms with Crippen LogP contribution in [-0.4, -0.2) is 27.8 Å². The zero-order valence-corrected chi connectivity index (χ0v) is 17.8. The molecule has 31 heavy (non-hydrogen) atoms. The molecule has 2 heterocycles. The van der Waals surface area contributed by atoms with E-state index in [0.717, 1.165) is 16.6 Å². The average Bonchev–Trinajstić information content (AvgIpc) is 3.06. The molecular weight excluding hydrogens is 395 g/mol. The van der Waals surface area contributed by atoms with E-state index in [2.05, 4.69) is 15.4 Å². The van der Waals surface area contributed by atoms with E-state index in [9.17, 15) is 9.18 Å². The van der Waals surface area contributed by atoms with Crippen molar-refractivity contribution >= 4 is 22.5 Å². The number of halogens is 1. The van der Waals surface area contributed by atoms with Gasteiger partial charge < -0.3 is 10.1 Å². The zero-order valence-electron chi connectivity index (χ0n) is 17.8. The van der Waals surface area contributed by atoms with Crippen LogP contribution in [0.4, 0.5) is 10.1 Å². The Labute approximate surface area is 179 Å². The summed E-state index contributed by atoms with van der Waals surface area (Å²) in [6, 6.07) is 15.3. The van der Waals surface area contributed by atoms with E-state index >= 15 is 0 Å². The van der Waals surface area contributed by atoms with Gasteiger partial charge in [-0.3, -0.25) is 9.48 Å². The van der Waals surface area contributed by atoms with Gasteiger partial charge >= 0.3 is 0 Å². The van der Waals surface area contributed by atoms with Crippen LogP contribution in [0.5, 0.6) is 5.88 Å². The molecule has 4 rings (SSSR count). The van der Waals surface area contributed by atoms with Crippen molar-refractivity contribution in [2.45, 2.75) is 26.8 Å². The summed E-state index contributed by atoms with van der Waals surface area (Å²) in [5.41, 5.74) is 4.24. The van der Waals surface area contributed by atoms with Crippen LogP contribution in [0.3, 0.4) is 0 Å². The van der Waals surface area contributed by atoms with Gasteiger partial charge in [0.05, 0.1) is 41.3 Å². The molecule has 1 amide bonds. The Morgan fingerprint density at radius 2 is 1.84 bits per heavy atom. The number of aryl methyl sites for hydroxylation is 1. The summed E-state index contributed by atoms with van der Waals surface area (Å²) in [5.74, 6) is -0.174. The van der Waals surface area contributed by atoms with Crippen LogP contribution < -0.4 is 10.1 Å². The molecule has 158 valence electrons. The van der Waals surface area contributed by atoms with Crippen molar-refractivity contribution in [1.82, 2.24) is 14.8 Å². The predicted octanol–water partition coefficient (Wildman–Crippen LogP) is 5.06. The third-order valence-electron chi connectivity index (χ3n) is 5.43. The van der Waals surface area contributed by atoms with Gasteiger partial charge in [-0.2, -0.15) is 5.10 Å². The van der Waals surface area contributed by atoms with Gasteiger partial charge in [0.2, 0.25) is 5.88 Å². The Hall–Kier alpha value is -3.74. The summed E-state index contributed by atoms with van der Waals surface area (Å²) in [7, 11) is 1.52. The monoisotopic (exact) mass is 418 g/mol. The SMILES string of the molecule is COc1cc(C(=O)Nc2c(C)nn(C(C)c3ccc(F)cc3)c2C)c2ccccc2n1. The highest BCUT2D eigenvalue weighted by molar-refractivity contribution is 6.13. The summed E-state index contributed by atoms with van der Waals surface area (Å²) in [4.78, 5) is 17.6. The number of nitrogens with zero attached hydrogens (tertiary/aromatic N) is 3. The van der Waals surface area contributed by atoms with Gasteiger partial charge in [0.25, 0.3) is 5.91 Å². The highest BCUT2D eigenvalue weighted by Crippen LogP contribution is 2.28. The van der Waals surface area contributed by atoms with Gasteiger partial charge in [0.15, 0.2) is 0 Å². The van der Waals surface area contributed by atoms with E-state index in [4.69, 9.17) is 4.74 Å². The Morgan fingerprint density at radius 1 is 1.13 bits per heavy atom. The maximum atomic E-state index is 13.3. The lowest BCUT2D eigenvalue weighted by Gasteiger charge is -2.15. The first kappa shape index (κ1) is 20.5. The fourth-order valence-corrected chi connectivity index (χ4v) is 3.73. The van der Waals surface area contributed by atoms with E-state index in [0.29, 0.717) is 28.3 Å². The molecule has 0 fully saturated rings. The molecular formula is C24H23FN4O2. The van der Waals surface area contributed by atoms with Crippen LogP contribution >= 0.6 is 0 Å². The quantitative estimate of drug-likeness (QED) is 0.492. The number of rotatable bonds is 5. The number of benzene rings is 2. The minimum atomic E-state index is -0.280. The lowest BCUT2D eigenvalue weighted by atomic mass is 10.1. The second-order valence-electron chi connectivity index (χ2n) is 7.40. The van der Waals surface area contributed by atoms with E-state index in [1.165, 1.54) is 19.2 Å². The van der Waals surface area contributed by atoms with Crippen LogP contribution in [0.1, 0.15) is 40.3 Å². The zero-order chi connectivity index (χ0) is 22.1. The lowest BCUT2D eigenvalue weighted by Crippen LogP contribution is -2.15. The van der Waals surface area contributed by atoms with Crippen molar-refractivity contribution in [3.05, 3.63) is 82.9 Å². The summed E-state index contributed by atoms with van der Waals surface area (Å²) in [6.45, 7) is 5.74. The molecule has 0 radical (unpaired) electrons. The van der Waals surface area contributed by atoms with Crippen molar-refractivity contribution in [2.24, 2.45) is 0 Å². The second kappa shape index (κ2) is 8.18. The number of amides is 1. The van der Waals surface area contributed by atoms with Gasteiger partial charge in [0, 0.05) is 11.5 Å². The number of nitrogens with one attached hydrogen (secondary N) is 1. The maximum absolute atomic E-state index is 13.3. The Bertz CT molecular complexity index is 1260. The highest BCUT2D eigenvalue weighted by Gasteiger charge is 2.21. The number of aromatic nitrogens is 3. The van der Waals surface area contributed by atoms with Gasteiger partial charge in [-0.25, -0.2) is 9.37 Å². The number of carbonyl (C=O) groups excluding carboxylic acids is 1. The van der Waals surface area contributed by atoms with Crippen LogP contribution in [0.25, 0.3) is 10.9 Å². The van der Waals surface area contributed by atoms with Crippen LogP contribution in [0, 0.1) is 19.7 Å². The molecule has 6 nitrogen and oxygen atoms in total. The summed E-state index contributed by atoms with van der Waals surface area (Å²) >= 11 is 0. The Kier molecular flexibility index (Phi) is 5.42. The number of fused-ring (bicyclic) bond motifs is 1. The van der Waals surface area contributed by atoms with Crippen molar-refractivity contribution in [1.29, 1.82) is 0 Å². The molecule has 2 aromatic heterocycles. The minimum absolute atomic E-state index is 0.119. The van der Waals surface area contributed by atoms with Crippen LogP contribution in [0.15, 0.2) is 54.6 Å². The van der Waals surface area contributed by atoms with Gasteiger partial charge in [-0.15, -0.1) is 0 Å². The van der Waals surface area contributed by atoms with Crippen molar-refractivity contribution in [3.8, 4) is 5.88 Å². The molecule has 0 aliphatic heterocycles. The highest BCUT2D eigenvalue weighted by atomic mass is 19.1. The second-order valence-corrected chi connectivity index (χ2v) is 7.40. The number of pyridine rings is 1. The van der Waals surface area contributed by atoms with E-state index < -0.39 is 0 Å². The average molecular weight is 418 g/mol. The number of methoxy groups -OCH3 is 1. The van der Waals surface area contributed by atoms with E-state index in [1.807, 2.05) is 49.7 Å². The standard InChI is InChI=1S/C24H23FN4O2/c1-14-23(16(3)29(28-14)15(2)17-9-11-18(25)12-10-17)27-24(30)20-13-22(31-4)26-21-8-6-5-7-19(20)21/h5-13,15H,1-4H3,(H,27,30). The van der Waals surface area contributed by atoms with Crippen molar-refractivity contribution in [3.63, 3.8) is 0 Å². The van der Waals surface area contributed by atoms with Crippen molar-refractivity contribution < 1.29 is 13.9 Å². The first-order valence-electron chi connectivity index (χ1n) is 9.95. The molecule has 0 aliphatic rings. The number of anilines is 1. The normalized spacial score (nSPS) is 12.0. The molecule has 0 saturated carbocycles. The number of para-hydroxylation sites is 1. The van der Waals surface area contributed by atoms with Crippen LogP contribution in [-0.2, 0) is 0 Å². The predicted molar refractivity (Wildman–Crippen MR) is 118 cm³/mol. The fraction of sp³-hybridized carbons (Fsp3) is 0.208. The summed E-state index contributed by atoms with van der Waals surface area (Å²) < 4.78 is 20.4. The minimum Gasteiger partial charge on any atom is -0.481 e. The van der Waals surface area contributed by atoms with Gasteiger partial charge in [0.1, 0.15) is 5.82 Å². The van der Waals surface area contributed by atoms with Crippen LogP contribution in [0.2, 0.25) is 0 Å². The molecule has 0 spiro atoms. The molecule has 4 aromatic rings. The third kappa shape index (κ3) is 3.86. The molecule has 1 atom stereocenters. The molecule has 0 saturated heterocycles. The molecule has 7 heteroatoms. The first-order chi connectivity index (χ1) is 14.9. The lowest BCUT2D eigenvalue weighted by molar-refractivity contribution is 0.102. The maximum Gasteiger partial charge on any atom is 0.256 e. The molecule has 1 unspecified atom stereocenters. The number of ether oxygens (including phenoxy) is 1. The Balaban J connectivity index is 1.68.